The molecule has 0 radical (unpaired) electrons. The summed E-state index contributed by atoms with van der Waals surface area (Å²) in [6.07, 6.45) is -0.527. The number of rotatable bonds is 5. The zero-order valence-corrected chi connectivity index (χ0v) is 8.71. The molecule has 0 aliphatic heterocycles. The third kappa shape index (κ3) is 3.30. The number of ketones is 1. The van der Waals surface area contributed by atoms with E-state index in [1.54, 1.807) is 0 Å². The highest BCUT2D eigenvalue weighted by Gasteiger charge is 2.14. The van der Waals surface area contributed by atoms with E-state index in [4.69, 9.17) is 10.2 Å². The van der Waals surface area contributed by atoms with Crippen LogP contribution in [0.25, 0.3) is 0 Å². The van der Waals surface area contributed by atoms with E-state index < -0.39 is 23.5 Å². The van der Waals surface area contributed by atoms with Gasteiger partial charge in [-0.3, -0.25) is 9.59 Å². The fraction of sp³-hybridized carbons (Fsp3) is 0.182. The van der Waals surface area contributed by atoms with Crippen LogP contribution in [0.3, 0.4) is 0 Å². The minimum atomic E-state index is -1.35. The van der Waals surface area contributed by atoms with E-state index in [2.05, 4.69) is 0 Å². The molecule has 17 heavy (non-hydrogen) atoms. The predicted molar refractivity (Wildman–Crippen MR) is 56.3 cm³/mol. The second-order valence-corrected chi connectivity index (χ2v) is 3.35. The van der Waals surface area contributed by atoms with Gasteiger partial charge in [-0.25, -0.2) is 4.79 Å². The molecule has 6 heteroatoms. The number of carbonyl (C=O) groups excluding carboxylic acids is 1. The second kappa shape index (κ2) is 5.11. The molecule has 0 aromatic heterocycles. The molecule has 0 unspecified atom stereocenters. The van der Waals surface area contributed by atoms with Gasteiger partial charge in [-0.15, -0.1) is 0 Å². The van der Waals surface area contributed by atoms with Crippen molar-refractivity contribution in [1.29, 1.82) is 0 Å². The van der Waals surface area contributed by atoms with E-state index in [1.165, 1.54) is 6.07 Å². The Morgan fingerprint density at radius 2 is 1.71 bits per heavy atom. The zero-order chi connectivity index (χ0) is 13.0. The summed E-state index contributed by atoms with van der Waals surface area (Å²) in [6.45, 7) is 0. The lowest BCUT2D eigenvalue weighted by molar-refractivity contribution is -0.136. The molecule has 3 N–H and O–H groups in total. The van der Waals surface area contributed by atoms with E-state index in [1.807, 2.05) is 0 Å². The summed E-state index contributed by atoms with van der Waals surface area (Å²) in [5.74, 6) is -3.37. The van der Waals surface area contributed by atoms with Crippen LogP contribution >= 0.6 is 0 Å². The fourth-order valence-corrected chi connectivity index (χ4v) is 1.25. The molecule has 0 fully saturated rings. The second-order valence-electron chi connectivity index (χ2n) is 3.35. The van der Waals surface area contributed by atoms with Crippen LogP contribution in [-0.4, -0.2) is 33.0 Å². The summed E-state index contributed by atoms with van der Waals surface area (Å²) < 4.78 is 0. The Morgan fingerprint density at radius 1 is 1.06 bits per heavy atom. The number of aromatic carboxylic acids is 1. The van der Waals surface area contributed by atoms with Gasteiger partial charge in [0.15, 0.2) is 5.78 Å². The molecule has 0 amide bonds. The topological polar surface area (TPSA) is 112 Å². The highest BCUT2D eigenvalue weighted by atomic mass is 16.4. The van der Waals surface area contributed by atoms with Gasteiger partial charge < -0.3 is 15.3 Å². The highest BCUT2D eigenvalue weighted by molar-refractivity contribution is 6.00. The van der Waals surface area contributed by atoms with Gasteiger partial charge >= 0.3 is 11.9 Å². The van der Waals surface area contributed by atoms with Gasteiger partial charge in [0.2, 0.25) is 0 Å². The first-order chi connectivity index (χ1) is 7.91. The number of aromatic hydroxyl groups is 1. The molecule has 0 saturated heterocycles. The molecule has 6 nitrogen and oxygen atoms in total. The number of hydrogen-bond donors (Lipinski definition) is 3. The molecular weight excluding hydrogens is 228 g/mol. The van der Waals surface area contributed by atoms with Crippen molar-refractivity contribution < 1.29 is 29.7 Å². The first-order valence-electron chi connectivity index (χ1n) is 4.73. The lowest BCUT2D eigenvalue weighted by atomic mass is 10.0. The number of hydrogen-bond acceptors (Lipinski definition) is 4. The largest absolute Gasteiger partial charge is 0.507 e. The minimum absolute atomic E-state index is 0.0708. The Balaban J connectivity index is 2.92. The maximum absolute atomic E-state index is 11.5. The summed E-state index contributed by atoms with van der Waals surface area (Å²) in [7, 11) is 0. The fourth-order valence-electron chi connectivity index (χ4n) is 1.25. The van der Waals surface area contributed by atoms with E-state index >= 15 is 0 Å². The minimum Gasteiger partial charge on any atom is -0.507 e. The first kappa shape index (κ1) is 12.7. The van der Waals surface area contributed by atoms with Crippen LogP contribution in [0.2, 0.25) is 0 Å². The molecule has 0 heterocycles. The van der Waals surface area contributed by atoms with Gasteiger partial charge in [-0.05, 0) is 18.2 Å². The van der Waals surface area contributed by atoms with Crippen LogP contribution in [0.5, 0.6) is 5.75 Å². The number of carboxylic acid groups (broad SMARTS) is 2. The lowest BCUT2D eigenvalue weighted by Crippen LogP contribution is -2.06. The number of carbonyl (C=O) groups is 3. The van der Waals surface area contributed by atoms with Crippen molar-refractivity contribution in [2.45, 2.75) is 12.8 Å². The summed E-state index contributed by atoms with van der Waals surface area (Å²) >= 11 is 0. The van der Waals surface area contributed by atoms with Gasteiger partial charge in [0, 0.05) is 12.0 Å². The third-order valence-corrected chi connectivity index (χ3v) is 2.11. The number of aliphatic carboxylic acids is 1. The Morgan fingerprint density at radius 3 is 2.24 bits per heavy atom. The highest BCUT2D eigenvalue weighted by Crippen LogP contribution is 2.19. The number of benzene rings is 1. The average molecular weight is 238 g/mol. The SMILES string of the molecule is O=C(O)CCC(=O)c1ccc(O)c(C(=O)O)c1. The van der Waals surface area contributed by atoms with E-state index in [-0.39, 0.29) is 24.0 Å². The van der Waals surface area contributed by atoms with E-state index in [0.717, 1.165) is 12.1 Å². The normalized spacial score (nSPS) is 9.88. The summed E-state index contributed by atoms with van der Waals surface area (Å²) in [5, 5.41) is 26.4. The molecule has 0 spiro atoms. The zero-order valence-electron chi connectivity index (χ0n) is 8.71. The molecule has 1 aromatic carbocycles. The van der Waals surface area contributed by atoms with E-state index in [9.17, 15) is 19.5 Å². The summed E-state index contributed by atoms with van der Waals surface area (Å²) in [5.41, 5.74) is -0.312. The monoisotopic (exact) mass is 238 g/mol. The molecule has 1 aromatic rings. The van der Waals surface area contributed by atoms with Gasteiger partial charge in [-0.1, -0.05) is 0 Å². The average Bonchev–Trinajstić information content (AvgIpc) is 2.26. The smallest absolute Gasteiger partial charge is 0.339 e. The van der Waals surface area contributed by atoms with Gasteiger partial charge in [0.1, 0.15) is 11.3 Å². The van der Waals surface area contributed by atoms with Gasteiger partial charge in [0.25, 0.3) is 0 Å². The Hall–Kier alpha value is -2.37. The van der Waals surface area contributed by atoms with Crippen molar-refractivity contribution in [3.63, 3.8) is 0 Å². The third-order valence-electron chi connectivity index (χ3n) is 2.11. The Labute approximate surface area is 96.1 Å². The quantitative estimate of drug-likeness (QED) is 0.663. The summed E-state index contributed by atoms with van der Waals surface area (Å²) in [6, 6.07) is 3.38. The molecular formula is C11H10O6. The molecule has 0 aliphatic carbocycles. The molecule has 0 saturated carbocycles. The molecule has 0 bridgehead atoms. The Bertz CT molecular complexity index is 477. The first-order valence-corrected chi connectivity index (χ1v) is 4.73. The number of phenols is 1. The molecule has 1 rings (SSSR count). The van der Waals surface area contributed by atoms with Crippen molar-refractivity contribution in [3.05, 3.63) is 29.3 Å². The molecule has 0 atom stereocenters. The lowest BCUT2D eigenvalue weighted by Gasteiger charge is -2.03. The van der Waals surface area contributed by atoms with Crippen molar-refractivity contribution in [3.8, 4) is 5.75 Å². The van der Waals surface area contributed by atoms with Crippen LogP contribution in [0.1, 0.15) is 33.6 Å². The summed E-state index contributed by atoms with van der Waals surface area (Å²) in [4.78, 5) is 32.5. The van der Waals surface area contributed by atoms with Crippen LogP contribution < -0.4 is 0 Å². The maximum Gasteiger partial charge on any atom is 0.339 e. The number of Topliss-reactive ketones (excluding diaryl/α,β-unsaturated/α-hetero) is 1. The number of carboxylic acids is 2. The van der Waals surface area contributed by atoms with Crippen molar-refractivity contribution in [2.24, 2.45) is 0 Å². The van der Waals surface area contributed by atoms with Crippen molar-refractivity contribution in [1.82, 2.24) is 0 Å². The maximum atomic E-state index is 11.5. The molecule has 0 aliphatic rings. The van der Waals surface area contributed by atoms with Crippen LogP contribution in [0.15, 0.2) is 18.2 Å². The van der Waals surface area contributed by atoms with Crippen LogP contribution in [0, 0.1) is 0 Å². The molecule has 90 valence electrons. The standard InChI is InChI=1S/C11H10O6/c12-8(3-4-10(14)15)6-1-2-9(13)7(5-6)11(16)17/h1-2,5,13H,3-4H2,(H,14,15)(H,16,17). The van der Waals surface area contributed by atoms with Crippen LogP contribution in [0.4, 0.5) is 0 Å². The van der Waals surface area contributed by atoms with Crippen LogP contribution in [-0.2, 0) is 4.79 Å². The van der Waals surface area contributed by atoms with E-state index in [0.29, 0.717) is 0 Å². The van der Waals surface area contributed by atoms with Crippen molar-refractivity contribution >= 4 is 17.7 Å². The Kier molecular flexibility index (Phi) is 3.82. The van der Waals surface area contributed by atoms with Gasteiger partial charge in [-0.2, -0.15) is 0 Å². The predicted octanol–water partition coefficient (Wildman–Crippen LogP) is 1.14. The van der Waals surface area contributed by atoms with Gasteiger partial charge in [0.05, 0.1) is 6.42 Å². The van der Waals surface area contributed by atoms with Crippen molar-refractivity contribution in [2.75, 3.05) is 0 Å².